The monoisotopic (exact) mass is 458 g/mol. The standard InChI is InChI=1S/C23H23ClN2O4S/c1-18-11-13-20(14-12-18)31(28,29)26(22-10-6-5-9-21(22)24)17-23(27)25-15-16-30-19-7-3-2-4-8-19/h2-14H,15-17H2,1H3,(H,25,27). The van der Waals surface area contributed by atoms with Crippen LogP contribution in [0.25, 0.3) is 0 Å². The van der Waals surface area contributed by atoms with E-state index in [9.17, 15) is 13.2 Å². The summed E-state index contributed by atoms with van der Waals surface area (Å²) in [5.41, 5.74) is 1.17. The minimum atomic E-state index is -4.01. The molecule has 162 valence electrons. The molecule has 3 rings (SSSR count). The van der Waals surface area contributed by atoms with Gasteiger partial charge in [-0.1, -0.05) is 59.6 Å². The molecule has 3 aromatic rings. The molecule has 6 nitrogen and oxygen atoms in total. The minimum absolute atomic E-state index is 0.0817. The van der Waals surface area contributed by atoms with E-state index in [2.05, 4.69) is 5.32 Å². The van der Waals surface area contributed by atoms with Gasteiger partial charge in [-0.05, 0) is 43.3 Å². The summed E-state index contributed by atoms with van der Waals surface area (Å²) in [7, 11) is -4.01. The molecule has 0 aliphatic heterocycles. The van der Waals surface area contributed by atoms with E-state index < -0.39 is 22.5 Å². The van der Waals surface area contributed by atoms with Gasteiger partial charge in [0.05, 0.1) is 22.2 Å². The molecule has 0 radical (unpaired) electrons. The van der Waals surface area contributed by atoms with Gasteiger partial charge in [0.1, 0.15) is 18.9 Å². The summed E-state index contributed by atoms with van der Waals surface area (Å²) < 4.78 is 33.2. The van der Waals surface area contributed by atoms with Crippen LogP contribution in [-0.4, -0.2) is 34.0 Å². The van der Waals surface area contributed by atoms with Crippen LogP contribution in [0.2, 0.25) is 5.02 Å². The molecule has 0 atom stereocenters. The molecule has 0 fully saturated rings. The summed E-state index contributed by atoms with van der Waals surface area (Å²) in [5.74, 6) is 0.226. The van der Waals surface area contributed by atoms with Crippen molar-refractivity contribution < 1.29 is 17.9 Å². The van der Waals surface area contributed by atoms with Crippen LogP contribution in [0.4, 0.5) is 5.69 Å². The highest BCUT2D eigenvalue weighted by Crippen LogP contribution is 2.30. The van der Waals surface area contributed by atoms with E-state index in [1.54, 1.807) is 36.4 Å². The smallest absolute Gasteiger partial charge is 0.264 e. The van der Waals surface area contributed by atoms with E-state index in [4.69, 9.17) is 16.3 Å². The van der Waals surface area contributed by atoms with Gasteiger partial charge in [0.2, 0.25) is 5.91 Å². The molecular formula is C23H23ClN2O4S. The molecule has 0 unspecified atom stereocenters. The second kappa shape index (κ2) is 10.3. The van der Waals surface area contributed by atoms with E-state index in [0.717, 1.165) is 9.87 Å². The van der Waals surface area contributed by atoms with Gasteiger partial charge < -0.3 is 10.1 Å². The summed E-state index contributed by atoms with van der Waals surface area (Å²) in [6.45, 7) is 1.94. The number of carbonyl (C=O) groups excluding carboxylic acids is 1. The number of hydrogen-bond acceptors (Lipinski definition) is 4. The maximum atomic E-state index is 13.3. The zero-order valence-corrected chi connectivity index (χ0v) is 18.6. The first-order valence-corrected chi connectivity index (χ1v) is 11.5. The van der Waals surface area contributed by atoms with Crippen molar-refractivity contribution in [2.45, 2.75) is 11.8 Å². The van der Waals surface area contributed by atoms with Crippen molar-refractivity contribution in [2.75, 3.05) is 24.0 Å². The third-order valence-electron chi connectivity index (χ3n) is 4.45. The Morgan fingerprint density at radius 2 is 1.61 bits per heavy atom. The normalized spacial score (nSPS) is 11.0. The van der Waals surface area contributed by atoms with Crippen LogP contribution >= 0.6 is 11.6 Å². The van der Waals surface area contributed by atoms with E-state index in [0.29, 0.717) is 5.75 Å². The third-order valence-corrected chi connectivity index (χ3v) is 6.55. The quantitative estimate of drug-likeness (QED) is 0.491. The van der Waals surface area contributed by atoms with Crippen LogP contribution in [0.1, 0.15) is 5.56 Å². The Labute approximate surface area is 187 Å². The van der Waals surface area contributed by atoms with Crippen LogP contribution in [0.15, 0.2) is 83.8 Å². The molecule has 1 N–H and O–H groups in total. The van der Waals surface area contributed by atoms with Gasteiger partial charge in [-0.3, -0.25) is 9.10 Å². The predicted octanol–water partition coefficient (Wildman–Crippen LogP) is 4.04. The number of para-hydroxylation sites is 2. The van der Waals surface area contributed by atoms with Gasteiger partial charge in [-0.15, -0.1) is 0 Å². The molecule has 8 heteroatoms. The highest BCUT2D eigenvalue weighted by Gasteiger charge is 2.28. The van der Waals surface area contributed by atoms with E-state index in [1.807, 2.05) is 37.3 Å². The summed E-state index contributed by atoms with van der Waals surface area (Å²) in [4.78, 5) is 12.6. The Balaban J connectivity index is 1.73. The lowest BCUT2D eigenvalue weighted by Crippen LogP contribution is -2.42. The number of benzene rings is 3. The van der Waals surface area contributed by atoms with Gasteiger partial charge in [-0.25, -0.2) is 8.42 Å². The average molecular weight is 459 g/mol. The molecule has 31 heavy (non-hydrogen) atoms. The number of nitrogens with zero attached hydrogens (tertiary/aromatic N) is 1. The topological polar surface area (TPSA) is 75.7 Å². The van der Waals surface area contributed by atoms with E-state index in [1.165, 1.54) is 12.1 Å². The number of sulfonamides is 1. The molecule has 0 aliphatic rings. The number of aryl methyl sites for hydroxylation is 1. The fourth-order valence-electron chi connectivity index (χ4n) is 2.85. The fraction of sp³-hybridized carbons (Fsp3) is 0.174. The average Bonchev–Trinajstić information content (AvgIpc) is 2.77. The highest BCUT2D eigenvalue weighted by molar-refractivity contribution is 7.92. The SMILES string of the molecule is Cc1ccc(S(=O)(=O)N(CC(=O)NCCOc2ccccc2)c2ccccc2Cl)cc1. The summed E-state index contributed by atoms with van der Waals surface area (Å²) in [6, 6.07) is 22.2. The Morgan fingerprint density at radius 1 is 0.968 bits per heavy atom. The summed E-state index contributed by atoms with van der Waals surface area (Å²) >= 11 is 6.26. The van der Waals surface area contributed by atoms with Gasteiger partial charge in [0.15, 0.2) is 0 Å². The third kappa shape index (κ3) is 5.99. The first kappa shape index (κ1) is 22.7. The molecular weight excluding hydrogens is 436 g/mol. The lowest BCUT2D eigenvalue weighted by Gasteiger charge is -2.25. The van der Waals surface area contributed by atoms with Gasteiger partial charge in [0.25, 0.3) is 10.0 Å². The maximum absolute atomic E-state index is 13.3. The van der Waals surface area contributed by atoms with Crippen molar-refractivity contribution in [3.63, 3.8) is 0 Å². The first-order chi connectivity index (χ1) is 14.9. The second-order valence-electron chi connectivity index (χ2n) is 6.79. The maximum Gasteiger partial charge on any atom is 0.264 e. The number of hydrogen-bond donors (Lipinski definition) is 1. The molecule has 1 amide bonds. The second-order valence-corrected chi connectivity index (χ2v) is 9.06. The Kier molecular flexibility index (Phi) is 7.55. The van der Waals surface area contributed by atoms with Crippen molar-refractivity contribution in [2.24, 2.45) is 0 Å². The first-order valence-electron chi connectivity index (χ1n) is 9.66. The number of rotatable bonds is 9. The van der Waals surface area contributed by atoms with Crippen molar-refractivity contribution >= 4 is 33.2 Å². The van der Waals surface area contributed by atoms with E-state index >= 15 is 0 Å². The Bertz CT molecular complexity index is 1120. The predicted molar refractivity (Wildman–Crippen MR) is 122 cm³/mol. The summed E-state index contributed by atoms with van der Waals surface area (Å²) in [6.07, 6.45) is 0. The van der Waals surface area contributed by atoms with Gasteiger partial charge in [-0.2, -0.15) is 0 Å². The molecule has 0 heterocycles. The number of ether oxygens (including phenoxy) is 1. The van der Waals surface area contributed by atoms with E-state index in [-0.39, 0.29) is 28.8 Å². The van der Waals surface area contributed by atoms with Crippen molar-refractivity contribution in [3.05, 3.63) is 89.4 Å². The molecule has 0 bridgehead atoms. The number of nitrogens with one attached hydrogen (secondary N) is 1. The zero-order chi connectivity index (χ0) is 22.3. The highest BCUT2D eigenvalue weighted by atomic mass is 35.5. The van der Waals surface area contributed by atoms with Crippen molar-refractivity contribution in [1.29, 1.82) is 0 Å². The number of halogens is 1. The van der Waals surface area contributed by atoms with Crippen LogP contribution in [-0.2, 0) is 14.8 Å². The number of anilines is 1. The van der Waals surface area contributed by atoms with Gasteiger partial charge in [0, 0.05) is 0 Å². The van der Waals surface area contributed by atoms with Gasteiger partial charge >= 0.3 is 0 Å². The molecule has 0 spiro atoms. The minimum Gasteiger partial charge on any atom is -0.492 e. The largest absolute Gasteiger partial charge is 0.492 e. The van der Waals surface area contributed by atoms with Crippen molar-refractivity contribution in [3.8, 4) is 5.75 Å². The Morgan fingerprint density at radius 3 is 2.29 bits per heavy atom. The molecule has 3 aromatic carbocycles. The number of carbonyl (C=O) groups is 1. The lowest BCUT2D eigenvalue weighted by molar-refractivity contribution is -0.119. The fourth-order valence-corrected chi connectivity index (χ4v) is 4.58. The zero-order valence-electron chi connectivity index (χ0n) is 17.0. The van der Waals surface area contributed by atoms with Crippen LogP contribution in [0.5, 0.6) is 5.75 Å². The Hall–Kier alpha value is -3.03. The van der Waals surface area contributed by atoms with Crippen LogP contribution in [0, 0.1) is 6.92 Å². The molecule has 0 aliphatic carbocycles. The van der Waals surface area contributed by atoms with Crippen LogP contribution in [0.3, 0.4) is 0 Å². The molecule has 0 aromatic heterocycles. The number of amides is 1. The van der Waals surface area contributed by atoms with Crippen LogP contribution < -0.4 is 14.4 Å². The molecule has 0 saturated carbocycles. The summed E-state index contributed by atoms with van der Waals surface area (Å²) in [5, 5.41) is 2.93. The molecule has 0 saturated heterocycles. The van der Waals surface area contributed by atoms with Crippen molar-refractivity contribution in [1.82, 2.24) is 5.32 Å². The lowest BCUT2D eigenvalue weighted by atomic mass is 10.2.